The summed E-state index contributed by atoms with van der Waals surface area (Å²) in [5.74, 6) is -0.160. The number of nitriles is 1. The summed E-state index contributed by atoms with van der Waals surface area (Å²) < 4.78 is 0.928. The van der Waals surface area contributed by atoms with Gasteiger partial charge in [0.05, 0.1) is 6.07 Å². The fourth-order valence-corrected chi connectivity index (χ4v) is 3.21. The highest BCUT2D eigenvalue weighted by Crippen LogP contribution is 2.37. The van der Waals surface area contributed by atoms with Gasteiger partial charge in [0.1, 0.15) is 5.41 Å². The van der Waals surface area contributed by atoms with E-state index in [0.29, 0.717) is 12.8 Å². The van der Waals surface area contributed by atoms with Gasteiger partial charge in [0.15, 0.2) is 0 Å². The van der Waals surface area contributed by atoms with Crippen LogP contribution in [-0.4, -0.2) is 5.91 Å². The first kappa shape index (κ1) is 14.1. The molecule has 1 aliphatic rings. The number of nitrogens with one attached hydrogen (secondary N) is 1. The van der Waals surface area contributed by atoms with Gasteiger partial charge in [0.2, 0.25) is 5.91 Å². The lowest BCUT2D eigenvalue weighted by molar-refractivity contribution is -0.124. The maximum Gasteiger partial charge on any atom is 0.244 e. The monoisotopic (exact) mass is 320 g/mol. The van der Waals surface area contributed by atoms with Crippen molar-refractivity contribution in [2.75, 3.05) is 5.32 Å². The molecule has 1 aromatic rings. The van der Waals surface area contributed by atoms with Gasteiger partial charge in [-0.3, -0.25) is 4.79 Å². The van der Waals surface area contributed by atoms with E-state index >= 15 is 0 Å². The smallest absolute Gasteiger partial charge is 0.244 e. The zero-order chi connectivity index (χ0) is 13.9. The van der Waals surface area contributed by atoms with Gasteiger partial charge in [-0.05, 0) is 43.5 Å². The quantitative estimate of drug-likeness (QED) is 0.889. The van der Waals surface area contributed by atoms with E-state index in [1.54, 1.807) is 0 Å². The fourth-order valence-electron chi connectivity index (χ4n) is 2.60. The second-order valence-corrected chi connectivity index (χ2v) is 6.14. The van der Waals surface area contributed by atoms with Crippen molar-refractivity contribution in [3.63, 3.8) is 0 Å². The predicted octanol–water partition coefficient (Wildman–Crippen LogP) is 4.17. The van der Waals surface area contributed by atoms with Crippen molar-refractivity contribution >= 4 is 27.5 Å². The minimum atomic E-state index is -0.839. The summed E-state index contributed by atoms with van der Waals surface area (Å²) in [5.41, 5.74) is 0.977. The summed E-state index contributed by atoms with van der Waals surface area (Å²) >= 11 is 3.41. The summed E-state index contributed by atoms with van der Waals surface area (Å²) in [4.78, 5) is 12.4. The Morgan fingerprint density at radius 2 is 2.00 bits per heavy atom. The number of amides is 1. The second kappa shape index (κ2) is 5.75. The Morgan fingerprint density at radius 3 is 2.58 bits per heavy atom. The van der Waals surface area contributed by atoms with Crippen LogP contribution >= 0.6 is 15.9 Å². The zero-order valence-electron chi connectivity index (χ0n) is 11.0. The molecular weight excluding hydrogens is 304 g/mol. The molecule has 1 aromatic carbocycles. The average molecular weight is 321 g/mol. The summed E-state index contributed by atoms with van der Waals surface area (Å²) in [6.45, 7) is 1.97. The van der Waals surface area contributed by atoms with E-state index in [0.717, 1.165) is 35.0 Å². The Morgan fingerprint density at radius 1 is 1.32 bits per heavy atom. The van der Waals surface area contributed by atoms with E-state index in [1.165, 1.54) is 0 Å². The molecule has 2 rings (SSSR count). The number of hydrogen-bond acceptors (Lipinski definition) is 2. The molecule has 1 amide bonds. The zero-order valence-corrected chi connectivity index (χ0v) is 12.6. The number of carbonyl (C=O) groups is 1. The normalized spacial score (nSPS) is 17.5. The van der Waals surface area contributed by atoms with Crippen LogP contribution in [0.1, 0.15) is 37.7 Å². The average Bonchev–Trinajstić information content (AvgIpc) is 2.38. The van der Waals surface area contributed by atoms with Gasteiger partial charge in [-0.2, -0.15) is 5.26 Å². The number of benzene rings is 1. The molecule has 4 heteroatoms. The number of halogens is 1. The number of aryl methyl sites for hydroxylation is 1. The predicted molar refractivity (Wildman–Crippen MR) is 78.6 cm³/mol. The highest BCUT2D eigenvalue weighted by Gasteiger charge is 2.39. The number of hydrogen-bond donors (Lipinski definition) is 1. The van der Waals surface area contributed by atoms with E-state index in [1.807, 2.05) is 25.1 Å². The van der Waals surface area contributed by atoms with Gasteiger partial charge >= 0.3 is 0 Å². The number of rotatable bonds is 2. The molecule has 1 fully saturated rings. The molecule has 1 aliphatic carbocycles. The Hall–Kier alpha value is -1.34. The van der Waals surface area contributed by atoms with Crippen LogP contribution in [0.3, 0.4) is 0 Å². The van der Waals surface area contributed by atoms with Crippen LogP contribution < -0.4 is 5.32 Å². The standard InChI is InChI=1S/C15H17BrN2O/c1-11-7-12(16)9-13(8-11)18-14(19)15(10-17)5-3-2-4-6-15/h7-9H,2-6H2,1H3,(H,18,19). The van der Waals surface area contributed by atoms with Crippen molar-refractivity contribution in [3.8, 4) is 6.07 Å². The van der Waals surface area contributed by atoms with Crippen molar-refractivity contribution < 1.29 is 4.79 Å². The molecule has 1 N–H and O–H groups in total. The highest BCUT2D eigenvalue weighted by molar-refractivity contribution is 9.10. The van der Waals surface area contributed by atoms with E-state index in [-0.39, 0.29) is 5.91 Å². The van der Waals surface area contributed by atoms with Crippen molar-refractivity contribution in [1.29, 1.82) is 5.26 Å². The molecule has 0 atom stereocenters. The molecule has 0 heterocycles. The van der Waals surface area contributed by atoms with Crippen molar-refractivity contribution in [2.24, 2.45) is 5.41 Å². The third-order valence-electron chi connectivity index (χ3n) is 3.66. The van der Waals surface area contributed by atoms with Crippen LogP contribution in [0.5, 0.6) is 0 Å². The Bertz CT molecular complexity index is 507. The van der Waals surface area contributed by atoms with Crippen LogP contribution in [0.25, 0.3) is 0 Å². The SMILES string of the molecule is Cc1cc(Br)cc(NC(=O)C2(C#N)CCCCC2)c1. The minimum absolute atomic E-state index is 0.160. The fraction of sp³-hybridized carbons (Fsp3) is 0.467. The summed E-state index contributed by atoms with van der Waals surface area (Å²) in [7, 11) is 0. The molecule has 3 nitrogen and oxygen atoms in total. The van der Waals surface area contributed by atoms with Crippen molar-refractivity contribution in [2.45, 2.75) is 39.0 Å². The molecule has 0 radical (unpaired) electrons. The van der Waals surface area contributed by atoms with Crippen molar-refractivity contribution in [3.05, 3.63) is 28.2 Å². The number of anilines is 1. The van der Waals surface area contributed by atoms with Gasteiger partial charge in [-0.15, -0.1) is 0 Å². The first-order valence-electron chi connectivity index (χ1n) is 6.56. The van der Waals surface area contributed by atoms with Gasteiger partial charge in [-0.25, -0.2) is 0 Å². The molecule has 0 aromatic heterocycles. The van der Waals surface area contributed by atoms with E-state index < -0.39 is 5.41 Å². The molecule has 0 bridgehead atoms. The van der Waals surface area contributed by atoms with E-state index in [9.17, 15) is 10.1 Å². The molecule has 0 saturated heterocycles. The minimum Gasteiger partial charge on any atom is -0.325 e. The second-order valence-electron chi connectivity index (χ2n) is 5.23. The van der Waals surface area contributed by atoms with Crippen LogP contribution in [0.15, 0.2) is 22.7 Å². The van der Waals surface area contributed by atoms with Crippen molar-refractivity contribution in [1.82, 2.24) is 0 Å². The summed E-state index contributed by atoms with van der Waals surface area (Å²) in [6.07, 6.45) is 4.37. The summed E-state index contributed by atoms with van der Waals surface area (Å²) in [5, 5.41) is 12.3. The first-order valence-corrected chi connectivity index (χ1v) is 7.35. The molecule has 19 heavy (non-hydrogen) atoms. The van der Waals surface area contributed by atoms with Crippen LogP contribution in [0, 0.1) is 23.7 Å². The topological polar surface area (TPSA) is 52.9 Å². The lowest BCUT2D eigenvalue weighted by atomic mass is 9.74. The Balaban J connectivity index is 2.18. The first-order chi connectivity index (χ1) is 9.05. The molecule has 100 valence electrons. The third kappa shape index (κ3) is 3.16. The van der Waals surface area contributed by atoms with Crippen LogP contribution in [0.4, 0.5) is 5.69 Å². The van der Waals surface area contributed by atoms with Gasteiger partial charge in [0, 0.05) is 10.2 Å². The Kier molecular flexibility index (Phi) is 4.26. The molecule has 1 saturated carbocycles. The van der Waals surface area contributed by atoms with Crippen LogP contribution in [0.2, 0.25) is 0 Å². The third-order valence-corrected chi connectivity index (χ3v) is 4.11. The van der Waals surface area contributed by atoms with E-state index in [4.69, 9.17) is 0 Å². The lowest BCUT2D eigenvalue weighted by Gasteiger charge is -2.29. The molecule has 0 unspecified atom stereocenters. The maximum atomic E-state index is 12.4. The highest BCUT2D eigenvalue weighted by atomic mass is 79.9. The summed E-state index contributed by atoms with van der Waals surface area (Å²) in [6, 6.07) is 8.00. The Labute approximate surface area is 122 Å². The van der Waals surface area contributed by atoms with Crippen LogP contribution in [-0.2, 0) is 4.79 Å². The van der Waals surface area contributed by atoms with Gasteiger partial charge in [-0.1, -0.05) is 35.2 Å². The molecular formula is C15H17BrN2O. The van der Waals surface area contributed by atoms with Gasteiger partial charge in [0.25, 0.3) is 0 Å². The van der Waals surface area contributed by atoms with E-state index in [2.05, 4.69) is 27.3 Å². The molecule has 0 aliphatic heterocycles. The van der Waals surface area contributed by atoms with Gasteiger partial charge < -0.3 is 5.32 Å². The lowest BCUT2D eigenvalue weighted by Crippen LogP contribution is -2.36. The number of nitrogens with zero attached hydrogens (tertiary/aromatic N) is 1. The largest absolute Gasteiger partial charge is 0.325 e. The molecule has 0 spiro atoms. The maximum absolute atomic E-state index is 12.4. The number of carbonyl (C=O) groups excluding carboxylic acids is 1.